The van der Waals surface area contributed by atoms with Crippen molar-refractivity contribution in [3.63, 3.8) is 0 Å². The molecule has 0 radical (unpaired) electrons. The average Bonchev–Trinajstić information content (AvgIpc) is 2.37. The highest BCUT2D eigenvalue weighted by molar-refractivity contribution is 5.76. The van der Waals surface area contributed by atoms with E-state index < -0.39 is 25.0 Å². The first-order chi connectivity index (χ1) is 8.84. The lowest BCUT2D eigenvalue weighted by Gasteiger charge is -2.16. The molecular formula is C13H18F2N2O2. The molecule has 0 aliphatic heterocycles. The van der Waals surface area contributed by atoms with E-state index >= 15 is 0 Å². The van der Waals surface area contributed by atoms with Crippen LogP contribution < -0.4 is 11.1 Å². The van der Waals surface area contributed by atoms with E-state index in [1.165, 1.54) is 0 Å². The molecule has 19 heavy (non-hydrogen) atoms. The predicted molar refractivity (Wildman–Crippen MR) is 68.9 cm³/mol. The van der Waals surface area contributed by atoms with Gasteiger partial charge in [0.05, 0.1) is 6.54 Å². The summed E-state index contributed by atoms with van der Waals surface area (Å²) in [5.41, 5.74) is 7.10. The zero-order chi connectivity index (χ0) is 14.5. The summed E-state index contributed by atoms with van der Waals surface area (Å²) in [5, 5.41) is 10.5. The molecule has 1 atom stereocenters. The van der Waals surface area contributed by atoms with Crippen LogP contribution >= 0.6 is 0 Å². The minimum atomic E-state index is -3.28. The van der Waals surface area contributed by atoms with Crippen molar-refractivity contribution in [3.8, 4) is 0 Å². The SMILES string of the molecule is CC(CC(=O)NCC(F)(F)CO)c1ccc(N)cc1. The van der Waals surface area contributed by atoms with Crippen LogP contribution in [0.5, 0.6) is 0 Å². The van der Waals surface area contributed by atoms with Gasteiger partial charge in [-0.1, -0.05) is 19.1 Å². The highest BCUT2D eigenvalue weighted by Crippen LogP contribution is 2.20. The summed E-state index contributed by atoms with van der Waals surface area (Å²) in [5.74, 6) is -3.85. The van der Waals surface area contributed by atoms with Crippen LogP contribution in [0.4, 0.5) is 14.5 Å². The van der Waals surface area contributed by atoms with Crippen LogP contribution in [-0.2, 0) is 4.79 Å². The molecule has 0 fully saturated rings. The molecule has 6 heteroatoms. The van der Waals surface area contributed by atoms with Crippen LogP contribution in [0.2, 0.25) is 0 Å². The number of alkyl halides is 2. The summed E-state index contributed by atoms with van der Waals surface area (Å²) in [6.07, 6.45) is 0.103. The molecular weight excluding hydrogens is 254 g/mol. The quantitative estimate of drug-likeness (QED) is 0.687. The van der Waals surface area contributed by atoms with Crippen molar-refractivity contribution in [1.82, 2.24) is 5.32 Å². The molecule has 1 rings (SSSR count). The van der Waals surface area contributed by atoms with E-state index in [2.05, 4.69) is 5.32 Å². The van der Waals surface area contributed by atoms with Crippen molar-refractivity contribution in [2.24, 2.45) is 0 Å². The van der Waals surface area contributed by atoms with Gasteiger partial charge in [-0.05, 0) is 23.6 Å². The maximum absolute atomic E-state index is 12.7. The Labute approximate surface area is 110 Å². The number of carbonyl (C=O) groups is 1. The Morgan fingerprint density at radius 1 is 1.42 bits per heavy atom. The van der Waals surface area contributed by atoms with Crippen LogP contribution in [0.1, 0.15) is 24.8 Å². The fourth-order valence-corrected chi connectivity index (χ4v) is 1.58. The standard InChI is InChI=1S/C13H18F2N2O2/c1-9(10-2-4-11(16)5-3-10)6-12(19)17-7-13(14,15)8-18/h2-5,9,18H,6-8,16H2,1H3,(H,17,19). The number of nitrogens with one attached hydrogen (secondary N) is 1. The summed E-state index contributed by atoms with van der Waals surface area (Å²) in [6, 6.07) is 7.05. The van der Waals surface area contributed by atoms with E-state index in [0.29, 0.717) is 5.69 Å². The summed E-state index contributed by atoms with van der Waals surface area (Å²) in [7, 11) is 0. The monoisotopic (exact) mass is 272 g/mol. The number of anilines is 1. The van der Waals surface area contributed by atoms with Gasteiger partial charge in [0.1, 0.15) is 6.61 Å². The summed E-state index contributed by atoms with van der Waals surface area (Å²) in [4.78, 5) is 11.5. The number of amides is 1. The second-order valence-corrected chi connectivity index (χ2v) is 4.56. The molecule has 4 N–H and O–H groups in total. The molecule has 1 unspecified atom stereocenters. The third-order valence-electron chi connectivity index (χ3n) is 2.77. The van der Waals surface area contributed by atoms with E-state index in [4.69, 9.17) is 10.8 Å². The topological polar surface area (TPSA) is 75.3 Å². The van der Waals surface area contributed by atoms with E-state index in [-0.39, 0.29) is 12.3 Å². The number of aliphatic hydroxyl groups is 1. The van der Waals surface area contributed by atoms with Crippen LogP contribution in [-0.4, -0.2) is 30.1 Å². The molecule has 1 aromatic carbocycles. The lowest BCUT2D eigenvalue weighted by atomic mass is 9.97. The van der Waals surface area contributed by atoms with Crippen molar-refractivity contribution < 1.29 is 18.7 Å². The van der Waals surface area contributed by atoms with Gasteiger partial charge in [-0.3, -0.25) is 4.79 Å². The number of halogens is 2. The Hall–Kier alpha value is -1.69. The number of hydrogen-bond donors (Lipinski definition) is 3. The number of carbonyl (C=O) groups excluding carboxylic acids is 1. The van der Waals surface area contributed by atoms with E-state index in [1.54, 1.807) is 24.3 Å². The Balaban J connectivity index is 2.46. The van der Waals surface area contributed by atoms with Gasteiger partial charge in [-0.25, -0.2) is 8.78 Å². The maximum Gasteiger partial charge on any atom is 0.287 e. The van der Waals surface area contributed by atoms with Crippen molar-refractivity contribution in [1.29, 1.82) is 0 Å². The average molecular weight is 272 g/mol. The molecule has 106 valence electrons. The Bertz CT molecular complexity index is 421. The Morgan fingerprint density at radius 3 is 2.53 bits per heavy atom. The van der Waals surface area contributed by atoms with Gasteiger partial charge >= 0.3 is 0 Å². The third-order valence-corrected chi connectivity index (χ3v) is 2.77. The summed E-state index contributed by atoms with van der Waals surface area (Å²) < 4.78 is 25.5. The summed E-state index contributed by atoms with van der Waals surface area (Å²) >= 11 is 0. The molecule has 0 spiro atoms. The lowest BCUT2D eigenvalue weighted by Crippen LogP contribution is -2.39. The fraction of sp³-hybridized carbons (Fsp3) is 0.462. The second-order valence-electron chi connectivity index (χ2n) is 4.56. The van der Waals surface area contributed by atoms with E-state index in [0.717, 1.165) is 5.56 Å². The first kappa shape index (κ1) is 15.4. The van der Waals surface area contributed by atoms with Crippen molar-refractivity contribution >= 4 is 11.6 Å². The van der Waals surface area contributed by atoms with Crippen LogP contribution in [0.15, 0.2) is 24.3 Å². The highest BCUT2D eigenvalue weighted by atomic mass is 19.3. The zero-order valence-electron chi connectivity index (χ0n) is 10.7. The molecule has 0 bridgehead atoms. The third kappa shape index (κ3) is 5.21. The lowest BCUT2D eigenvalue weighted by molar-refractivity contribution is -0.124. The van der Waals surface area contributed by atoms with Crippen molar-refractivity contribution in [2.45, 2.75) is 25.2 Å². The molecule has 0 aliphatic carbocycles. The van der Waals surface area contributed by atoms with Gasteiger partial charge in [0.2, 0.25) is 5.91 Å². The molecule has 0 aromatic heterocycles. The molecule has 0 saturated heterocycles. The van der Waals surface area contributed by atoms with Gasteiger partial charge in [0.25, 0.3) is 5.92 Å². The fourth-order valence-electron chi connectivity index (χ4n) is 1.58. The Morgan fingerprint density at radius 2 is 2.00 bits per heavy atom. The first-order valence-electron chi connectivity index (χ1n) is 5.95. The number of benzene rings is 1. The normalized spacial score (nSPS) is 13.1. The largest absolute Gasteiger partial charge is 0.399 e. The summed E-state index contributed by atoms with van der Waals surface area (Å²) in [6.45, 7) is -0.299. The smallest absolute Gasteiger partial charge is 0.287 e. The molecule has 0 heterocycles. The molecule has 1 amide bonds. The van der Waals surface area contributed by atoms with Gasteiger partial charge in [0, 0.05) is 12.1 Å². The number of nitrogens with two attached hydrogens (primary N) is 1. The van der Waals surface area contributed by atoms with Crippen molar-refractivity contribution in [2.75, 3.05) is 18.9 Å². The molecule has 0 aliphatic rings. The van der Waals surface area contributed by atoms with Crippen molar-refractivity contribution in [3.05, 3.63) is 29.8 Å². The van der Waals surface area contributed by atoms with E-state index in [9.17, 15) is 13.6 Å². The molecule has 0 saturated carbocycles. The van der Waals surface area contributed by atoms with Gasteiger partial charge in [-0.2, -0.15) is 0 Å². The van der Waals surface area contributed by atoms with Gasteiger partial charge < -0.3 is 16.2 Å². The number of aliphatic hydroxyl groups excluding tert-OH is 1. The number of rotatable bonds is 6. The Kier molecular flexibility index (Phi) is 5.23. The van der Waals surface area contributed by atoms with Gasteiger partial charge in [-0.15, -0.1) is 0 Å². The van der Waals surface area contributed by atoms with Gasteiger partial charge in [0.15, 0.2) is 0 Å². The van der Waals surface area contributed by atoms with Crippen LogP contribution in [0.25, 0.3) is 0 Å². The number of nitrogen functional groups attached to an aromatic ring is 1. The molecule has 4 nitrogen and oxygen atoms in total. The predicted octanol–water partition coefficient (Wildman–Crippen LogP) is 1.51. The second kappa shape index (κ2) is 6.47. The number of hydrogen-bond acceptors (Lipinski definition) is 3. The first-order valence-corrected chi connectivity index (χ1v) is 5.95. The van der Waals surface area contributed by atoms with Crippen LogP contribution in [0, 0.1) is 0 Å². The maximum atomic E-state index is 12.7. The van der Waals surface area contributed by atoms with Crippen LogP contribution in [0.3, 0.4) is 0 Å². The highest BCUT2D eigenvalue weighted by Gasteiger charge is 2.28. The zero-order valence-corrected chi connectivity index (χ0v) is 10.7. The van der Waals surface area contributed by atoms with E-state index in [1.807, 2.05) is 6.92 Å². The minimum Gasteiger partial charge on any atom is -0.399 e. The molecule has 1 aromatic rings. The minimum absolute atomic E-state index is 0.0941.